The molecule has 1 fully saturated rings. The Labute approximate surface area is 107 Å². The molecule has 2 atom stereocenters. The average molecular weight is 255 g/mol. The molecule has 2 heterocycles. The van der Waals surface area contributed by atoms with Gasteiger partial charge in [0.1, 0.15) is 12.2 Å². The lowest BCUT2D eigenvalue weighted by atomic mass is 10.1. The SMILES string of the molecule is CCCn1ncnc1CC(NN)C1CCCS1. The second kappa shape index (κ2) is 6.37. The Bertz CT molecular complexity index is 334. The number of rotatable bonds is 6. The molecule has 1 aliphatic heterocycles. The highest BCUT2D eigenvalue weighted by atomic mass is 32.2. The van der Waals surface area contributed by atoms with Crippen molar-refractivity contribution >= 4 is 11.8 Å². The number of aromatic nitrogens is 3. The zero-order valence-electron chi connectivity index (χ0n) is 10.3. The summed E-state index contributed by atoms with van der Waals surface area (Å²) in [7, 11) is 0. The zero-order chi connectivity index (χ0) is 12.1. The van der Waals surface area contributed by atoms with Gasteiger partial charge in [0.2, 0.25) is 0 Å². The molecule has 0 amide bonds. The second-order valence-corrected chi connectivity index (χ2v) is 5.78. The van der Waals surface area contributed by atoms with Crippen LogP contribution in [0.4, 0.5) is 0 Å². The van der Waals surface area contributed by atoms with Gasteiger partial charge in [0.25, 0.3) is 0 Å². The molecule has 0 aromatic carbocycles. The van der Waals surface area contributed by atoms with Crippen LogP contribution in [0.5, 0.6) is 0 Å². The molecule has 0 bridgehead atoms. The molecule has 17 heavy (non-hydrogen) atoms. The standard InChI is InChI=1S/C11H21N5S/c1-2-5-16-11(13-8-14-16)7-9(15-12)10-4-3-6-17-10/h8-10,15H,2-7,12H2,1H3. The fraction of sp³-hybridized carbons (Fsp3) is 0.818. The minimum absolute atomic E-state index is 0.308. The predicted octanol–water partition coefficient (Wildman–Crippen LogP) is 0.958. The molecule has 0 saturated carbocycles. The molecule has 6 heteroatoms. The van der Waals surface area contributed by atoms with Crippen molar-refractivity contribution in [2.75, 3.05) is 5.75 Å². The lowest BCUT2D eigenvalue weighted by Gasteiger charge is -2.21. The number of nitrogens with one attached hydrogen (secondary N) is 1. The number of nitrogens with zero attached hydrogens (tertiary/aromatic N) is 3. The van der Waals surface area contributed by atoms with Crippen LogP contribution in [0.3, 0.4) is 0 Å². The van der Waals surface area contributed by atoms with Gasteiger partial charge >= 0.3 is 0 Å². The normalized spacial score (nSPS) is 21.9. The minimum Gasteiger partial charge on any atom is -0.271 e. The summed E-state index contributed by atoms with van der Waals surface area (Å²) in [5, 5.41) is 4.87. The first-order valence-electron chi connectivity index (χ1n) is 6.29. The first-order chi connectivity index (χ1) is 8.35. The Kier molecular flexibility index (Phi) is 4.82. The molecule has 3 N–H and O–H groups in total. The van der Waals surface area contributed by atoms with Gasteiger partial charge in [-0.1, -0.05) is 6.92 Å². The summed E-state index contributed by atoms with van der Waals surface area (Å²) < 4.78 is 1.99. The second-order valence-electron chi connectivity index (χ2n) is 4.43. The Morgan fingerprint density at radius 1 is 1.71 bits per heavy atom. The fourth-order valence-corrected chi connectivity index (χ4v) is 3.64. The van der Waals surface area contributed by atoms with Crippen molar-refractivity contribution in [3.63, 3.8) is 0 Å². The molecular formula is C11H21N5S. The van der Waals surface area contributed by atoms with Crippen LogP contribution in [-0.2, 0) is 13.0 Å². The number of hydrogen-bond acceptors (Lipinski definition) is 5. The van der Waals surface area contributed by atoms with E-state index in [-0.39, 0.29) is 0 Å². The molecule has 1 aromatic rings. The van der Waals surface area contributed by atoms with Gasteiger partial charge in [-0.05, 0) is 25.0 Å². The van der Waals surface area contributed by atoms with Crippen molar-refractivity contribution in [1.82, 2.24) is 20.2 Å². The van der Waals surface area contributed by atoms with E-state index in [1.165, 1.54) is 18.6 Å². The molecular weight excluding hydrogens is 234 g/mol. The average Bonchev–Trinajstić information content (AvgIpc) is 2.97. The number of aryl methyl sites for hydroxylation is 1. The van der Waals surface area contributed by atoms with E-state index in [0.717, 1.165) is 25.2 Å². The minimum atomic E-state index is 0.308. The van der Waals surface area contributed by atoms with Crippen LogP contribution < -0.4 is 11.3 Å². The van der Waals surface area contributed by atoms with Crippen LogP contribution in [0.15, 0.2) is 6.33 Å². The highest BCUT2D eigenvalue weighted by molar-refractivity contribution is 8.00. The lowest BCUT2D eigenvalue weighted by Crippen LogP contribution is -2.43. The van der Waals surface area contributed by atoms with Gasteiger partial charge in [-0.15, -0.1) is 0 Å². The smallest absolute Gasteiger partial charge is 0.138 e. The summed E-state index contributed by atoms with van der Waals surface area (Å²) in [5.41, 5.74) is 2.95. The molecule has 1 saturated heterocycles. The largest absolute Gasteiger partial charge is 0.271 e. The van der Waals surface area contributed by atoms with Gasteiger partial charge in [-0.3, -0.25) is 16.0 Å². The maximum Gasteiger partial charge on any atom is 0.138 e. The van der Waals surface area contributed by atoms with E-state index in [9.17, 15) is 0 Å². The lowest BCUT2D eigenvalue weighted by molar-refractivity contribution is 0.465. The van der Waals surface area contributed by atoms with E-state index < -0.39 is 0 Å². The topological polar surface area (TPSA) is 68.8 Å². The highest BCUT2D eigenvalue weighted by Gasteiger charge is 2.26. The molecule has 2 rings (SSSR count). The van der Waals surface area contributed by atoms with Gasteiger partial charge < -0.3 is 0 Å². The van der Waals surface area contributed by atoms with Crippen molar-refractivity contribution in [2.45, 2.75) is 50.4 Å². The number of hydrogen-bond donors (Lipinski definition) is 2. The van der Waals surface area contributed by atoms with Crippen LogP contribution in [0.1, 0.15) is 32.0 Å². The van der Waals surface area contributed by atoms with Gasteiger partial charge in [0.05, 0.1) is 0 Å². The Morgan fingerprint density at radius 2 is 2.59 bits per heavy atom. The highest BCUT2D eigenvalue weighted by Crippen LogP contribution is 2.29. The monoisotopic (exact) mass is 255 g/mol. The quantitative estimate of drug-likeness (QED) is 0.585. The molecule has 5 nitrogen and oxygen atoms in total. The summed E-state index contributed by atoms with van der Waals surface area (Å²) in [6, 6.07) is 0.308. The molecule has 1 aliphatic rings. The fourth-order valence-electron chi connectivity index (χ4n) is 2.26. The summed E-state index contributed by atoms with van der Waals surface area (Å²) >= 11 is 2.02. The zero-order valence-corrected chi connectivity index (χ0v) is 11.1. The number of thioether (sulfide) groups is 1. The molecule has 1 aromatic heterocycles. The summed E-state index contributed by atoms with van der Waals surface area (Å²) in [5.74, 6) is 7.97. The Hall–Kier alpha value is -0.590. The first kappa shape index (κ1) is 12.9. The van der Waals surface area contributed by atoms with Crippen molar-refractivity contribution in [3.8, 4) is 0 Å². The van der Waals surface area contributed by atoms with E-state index in [1.54, 1.807) is 6.33 Å². The maximum absolute atomic E-state index is 5.67. The van der Waals surface area contributed by atoms with E-state index >= 15 is 0 Å². The van der Waals surface area contributed by atoms with Gasteiger partial charge in [-0.2, -0.15) is 16.9 Å². The van der Waals surface area contributed by atoms with Crippen LogP contribution in [0.25, 0.3) is 0 Å². The van der Waals surface area contributed by atoms with E-state index in [2.05, 4.69) is 22.4 Å². The molecule has 0 spiro atoms. The number of hydrazine groups is 1. The first-order valence-corrected chi connectivity index (χ1v) is 7.34. The Balaban J connectivity index is 1.99. The van der Waals surface area contributed by atoms with E-state index in [0.29, 0.717) is 11.3 Å². The third kappa shape index (κ3) is 3.20. The van der Waals surface area contributed by atoms with Gasteiger partial charge in [-0.25, -0.2) is 4.98 Å². The molecule has 0 aliphatic carbocycles. The maximum atomic E-state index is 5.67. The third-order valence-corrected chi connectivity index (χ3v) is 4.68. The molecule has 0 radical (unpaired) electrons. The summed E-state index contributed by atoms with van der Waals surface area (Å²) in [6.45, 7) is 3.08. The third-order valence-electron chi connectivity index (χ3n) is 3.16. The van der Waals surface area contributed by atoms with Crippen molar-refractivity contribution in [3.05, 3.63) is 12.2 Å². The summed E-state index contributed by atoms with van der Waals surface area (Å²) in [6.07, 6.45) is 6.14. The van der Waals surface area contributed by atoms with Gasteiger partial charge in [0, 0.05) is 24.3 Å². The van der Waals surface area contributed by atoms with Crippen molar-refractivity contribution < 1.29 is 0 Å². The van der Waals surface area contributed by atoms with Crippen molar-refractivity contribution in [2.24, 2.45) is 5.84 Å². The van der Waals surface area contributed by atoms with E-state index in [1.807, 2.05) is 16.4 Å². The van der Waals surface area contributed by atoms with Crippen LogP contribution in [0, 0.1) is 0 Å². The van der Waals surface area contributed by atoms with Crippen LogP contribution in [-0.4, -0.2) is 31.8 Å². The predicted molar refractivity (Wildman–Crippen MR) is 70.6 cm³/mol. The Morgan fingerprint density at radius 3 is 3.24 bits per heavy atom. The number of nitrogens with two attached hydrogens (primary N) is 1. The van der Waals surface area contributed by atoms with Crippen molar-refractivity contribution in [1.29, 1.82) is 0 Å². The van der Waals surface area contributed by atoms with Gasteiger partial charge in [0.15, 0.2) is 0 Å². The molecule has 2 unspecified atom stereocenters. The van der Waals surface area contributed by atoms with Crippen LogP contribution in [0.2, 0.25) is 0 Å². The van der Waals surface area contributed by atoms with E-state index in [4.69, 9.17) is 5.84 Å². The van der Waals surface area contributed by atoms with Crippen LogP contribution >= 0.6 is 11.8 Å². The molecule has 96 valence electrons. The summed E-state index contributed by atoms with van der Waals surface area (Å²) in [4.78, 5) is 4.34.